The Morgan fingerprint density at radius 2 is 1.80 bits per heavy atom. The van der Waals surface area contributed by atoms with Crippen molar-refractivity contribution in [3.8, 4) is 0 Å². The van der Waals surface area contributed by atoms with Crippen LogP contribution < -0.4 is 5.32 Å². The first kappa shape index (κ1) is 15.1. The Labute approximate surface area is 129 Å². The van der Waals surface area contributed by atoms with Gasteiger partial charge >= 0.3 is 0 Å². The number of aromatic nitrogens is 2. The van der Waals surface area contributed by atoms with Crippen LogP contribution in [0.25, 0.3) is 0 Å². The molecule has 3 nitrogen and oxygen atoms in total. The minimum absolute atomic E-state index is 0.780. The maximum Gasteiger partial charge on any atom is 0.0739 e. The highest BCUT2D eigenvalue weighted by Gasteiger charge is 2.12. The molecule has 0 saturated heterocycles. The van der Waals surface area contributed by atoms with Gasteiger partial charge in [0, 0.05) is 12.7 Å². The summed E-state index contributed by atoms with van der Waals surface area (Å²) in [6.07, 6.45) is 2.09. The molecule has 1 aromatic heterocycles. The fourth-order valence-electron chi connectivity index (χ4n) is 2.51. The van der Waals surface area contributed by atoms with Crippen molar-refractivity contribution >= 4 is 21.6 Å². The predicted octanol–water partition coefficient (Wildman–Crippen LogP) is 4.23. The molecule has 0 spiro atoms. The molecule has 0 aliphatic carbocycles. The lowest BCUT2D eigenvalue weighted by Gasteiger charge is -2.15. The van der Waals surface area contributed by atoms with Gasteiger partial charge in [-0.25, -0.2) is 0 Å². The largest absolute Gasteiger partial charge is 0.379 e. The van der Waals surface area contributed by atoms with Crippen molar-refractivity contribution in [2.45, 2.75) is 40.2 Å². The number of anilines is 1. The third-order valence-electron chi connectivity index (χ3n) is 3.69. The maximum atomic E-state index is 4.44. The van der Waals surface area contributed by atoms with E-state index in [0.717, 1.165) is 29.6 Å². The Bertz CT molecular complexity index is 580. The van der Waals surface area contributed by atoms with Gasteiger partial charge in [-0.15, -0.1) is 0 Å². The molecule has 2 aromatic rings. The fourth-order valence-corrected chi connectivity index (χ4v) is 2.99. The first-order chi connectivity index (χ1) is 9.58. The molecule has 0 aliphatic heterocycles. The smallest absolute Gasteiger partial charge is 0.0739 e. The van der Waals surface area contributed by atoms with E-state index in [1.54, 1.807) is 0 Å². The van der Waals surface area contributed by atoms with Crippen molar-refractivity contribution < 1.29 is 0 Å². The van der Waals surface area contributed by atoms with Gasteiger partial charge in [-0.05, 0) is 46.8 Å². The molecule has 1 aromatic carbocycles. The molecule has 1 heterocycles. The van der Waals surface area contributed by atoms with Crippen molar-refractivity contribution in [1.82, 2.24) is 9.78 Å². The summed E-state index contributed by atoms with van der Waals surface area (Å²) in [6.45, 7) is 7.20. The van der Waals surface area contributed by atoms with Crippen LogP contribution in [0.15, 0.2) is 22.7 Å². The molecular formula is C16H22BrN3. The van der Waals surface area contributed by atoms with E-state index in [0.29, 0.717) is 0 Å². The highest BCUT2D eigenvalue weighted by Crippen LogP contribution is 2.25. The second-order valence-corrected chi connectivity index (χ2v) is 5.77. The van der Waals surface area contributed by atoms with Crippen LogP contribution in [-0.2, 0) is 26.4 Å². The first-order valence-corrected chi connectivity index (χ1v) is 7.90. The Balaban J connectivity index is 2.26. The van der Waals surface area contributed by atoms with Crippen molar-refractivity contribution in [3.63, 3.8) is 0 Å². The molecule has 0 fully saturated rings. The van der Waals surface area contributed by atoms with E-state index in [4.69, 9.17) is 0 Å². The number of rotatable bonds is 5. The molecule has 2 rings (SSSR count). The van der Waals surface area contributed by atoms with E-state index < -0.39 is 0 Å². The van der Waals surface area contributed by atoms with Crippen LogP contribution in [0.3, 0.4) is 0 Å². The van der Waals surface area contributed by atoms with E-state index in [1.165, 1.54) is 22.5 Å². The molecule has 108 valence electrons. The topological polar surface area (TPSA) is 29.9 Å². The van der Waals surface area contributed by atoms with Crippen LogP contribution in [0.1, 0.15) is 36.4 Å². The number of halogens is 1. The fraction of sp³-hybridized carbons (Fsp3) is 0.438. The lowest BCUT2D eigenvalue weighted by atomic mass is 10.0. The van der Waals surface area contributed by atoms with Crippen LogP contribution in [0.4, 0.5) is 5.69 Å². The zero-order valence-corrected chi connectivity index (χ0v) is 14.2. The molecule has 0 saturated carbocycles. The van der Waals surface area contributed by atoms with Crippen molar-refractivity contribution in [2.24, 2.45) is 7.05 Å². The Kier molecular flexibility index (Phi) is 4.86. The van der Waals surface area contributed by atoms with Gasteiger partial charge in [-0.3, -0.25) is 4.68 Å². The van der Waals surface area contributed by atoms with Gasteiger partial charge in [0.25, 0.3) is 0 Å². The number of nitrogens with zero attached hydrogens (tertiary/aromatic N) is 2. The predicted molar refractivity (Wildman–Crippen MR) is 88.2 cm³/mol. The van der Waals surface area contributed by atoms with E-state index in [1.807, 2.05) is 18.7 Å². The zero-order chi connectivity index (χ0) is 14.7. The summed E-state index contributed by atoms with van der Waals surface area (Å²) >= 11 is 3.62. The van der Waals surface area contributed by atoms with Crippen LogP contribution in [0, 0.1) is 6.92 Å². The number of nitrogens with one attached hydrogen (secondary N) is 1. The lowest BCUT2D eigenvalue weighted by Crippen LogP contribution is -2.09. The van der Waals surface area contributed by atoms with Gasteiger partial charge in [-0.2, -0.15) is 5.10 Å². The van der Waals surface area contributed by atoms with E-state index in [2.05, 4.69) is 58.4 Å². The second-order valence-electron chi connectivity index (χ2n) is 4.98. The average molecular weight is 336 g/mol. The molecule has 0 bridgehead atoms. The number of hydrogen-bond donors (Lipinski definition) is 1. The highest BCUT2D eigenvalue weighted by molar-refractivity contribution is 9.10. The van der Waals surface area contributed by atoms with Gasteiger partial charge in [0.15, 0.2) is 0 Å². The third kappa shape index (κ3) is 2.90. The zero-order valence-electron chi connectivity index (χ0n) is 12.6. The molecule has 20 heavy (non-hydrogen) atoms. The lowest BCUT2D eigenvalue weighted by molar-refractivity contribution is 0.712. The Morgan fingerprint density at radius 1 is 1.20 bits per heavy atom. The van der Waals surface area contributed by atoms with Crippen LogP contribution in [0.5, 0.6) is 0 Å². The third-order valence-corrected chi connectivity index (χ3v) is 4.72. The highest BCUT2D eigenvalue weighted by atomic mass is 79.9. The average Bonchev–Trinajstić information content (AvgIpc) is 2.69. The SMILES string of the molecule is CCc1cccc(CC)c1NCc1c(Br)c(C)nn1C. The molecule has 1 N–H and O–H groups in total. The molecule has 0 aliphatic rings. The van der Waals surface area contributed by atoms with Gasteiger partial charge in [0.2, 0.25) is 0 Å². The van der Waals surface area contributed by atoms with Crippen molar-refractivity contribution in [3.05, 3.63) is 45.2 Å². The molecule has 0 unspecified atom stereocenters. The number of aryl methyl sites for hydroxylation is 4. The molecule has 0 atom stereocenters. The standard InChI is InChI=1S/C16H22BrN3/c1-5-12-8-7-9-13(6-2)16(12)18-10-14-15(17)11(3)19-20(14)4/h7-9,18H,5-6,10H2,1-4H3. The maximum absolute atomic E-state index is 4.44. The molecule has 4 heteroatoms. The van der Waals surface area contributed by atoms with Crippen LogP contribution in [0.2, 0.25) is 0 Å². The van der Waals surface area contributed by atoms with Crippen LogP contribution in [-0.4, -0.2) is 9.78 Å². The van der Waals surface area contributed by atoms with Gasteiger partial charge in [0.05, 0.1) is 22.4 Å². The Hall–Kier alpha value is -1.29. The van der Waals surface area contributed by atoms with Crippen LogP contribution >= 0.6 is 15.9 Å². The van der Waals surface area contributed by atoms with Gasteiger partial charge in [0.1, 0.15) is 0 Å². The van der Waals surface area contributed by atoms with E-state index in [9.17, 15) is 0 Å². The van der Waals surface area contributed by atoms with Crippen molar-refractivity contribution in [2.75, 3.05) is 5.32 Å². The summed E-state index contributed by atoms with van der Waals surface area (Å²) in [5.74, 6) is 0. The summed E-state index contributed by atoms with van der Waals surface area (Å²) in [5, 5.41) is 8.04. The quantitative estimate of drug-likeness (QED) is 0.886. The summed E-state index contributed by atoms with van der Waals surface area (Å²) in [4.78, 5) is 0. The normalized spacial score (nSPS) is 10.8. The number of para-hydroxylation sites is 1. The summed E-state index contributed by atoms with van der Waals surface area (Å²) < 4.78 is 3.03. The molecular weight excluding hydrogens is 314 g/mol. The molecule has 0 radical (unpaired) electrons. The summed E-state index contributed by atoms with van der Waals surface area (Å²) in [6, 6.07) is 6.54. The van der Waals surface area contributed by atoms with E-state index >= 15 is 0 Å². The summed E-state index contributed by atoms with van der Waals surface area (Å²) in [7, 11) is 1.99. The minimum atomic E-state index is 0.780. The van der Waals surface area contributed by atoms with E-state index in [-0.39, 0.29) is 0 Å². The van der Waals surface area contributed by atoms with Crippen molar-refractivity contribution in [1.29, 1.82) is 0 Å². The Morgan fingerprint density at radius 3 is 2.25 bits per heavy atom. The monoisotopic (exact) mass is 335 g/mol. The van der Waals surface area contributed by atoms with Gasteiger partial charge in [-0.1, -0.05) is 32.0 Å². The number of hydrogen-bond acceptors (Lipinski definition) is 2. The summed E-state index contributed by atoms with van der Waals surface area (Å²) in [5.41, 5.74) is 6.24. The second kappa shape index (κ2) is 6.44. The van der Waals surface area contributed by atoms with Gasteiger partial charge < -0.3 is 5.32 Å². The number of benzene rings is 1. The first-order valence-electron chi connectivity index (χ1n) is 7.11. The molecule has 0 amide bonds. The minimum Gasteiger partial charge on any atom is -0.379 e.